The van der Waals surface area contributed by atoms with E-state index >= 15 is 0 Å². The third-order valence-corrected chi connectivity index (χ3v) is 4.93. The maximum Gasteiger partial charge on any atom is 0.421 e. The largest absolute Gasteiger partial charge is 0.438 e. The molecular weight excluding hydrogens is 464 g/mol. The fraction of sp³-hybridized carbons (Fsp3) is 0.0870. The van der Waals surface area contributed by atoms with Gasteiger partial charge in [-0.25, -0.2) is 18.2 Å². The standard InChI is InChI=1S/C23H13F6N3O2/c1-2-18(20-16(25)8-12(24)9-17(20)26)32-11-31-21(33)14-10-13(5-6-19(14)32)34-22-15(23(27,28)29)4-3-7-30-22/h2-11,18H,1H2. The predicted molar refractivity (Wildman–Crippen MR) is 110 cm³/mol. The molecule has 4 rings (SSSR count). The third kappa shape index (κ3) is 4.24. The van der Waals surface area contributed by atoms with Crippen LogP contribution in [0.1, 0.15) is 17.2 Å². The molecule has 2 heterocycles. The normalized spacial score (nSPS) is 12.5. The molecule has 0 aliphatic rings. The Hall–Kier alpha value is -4.15. The Morgan fingerprint density at radius 2 is 1.74 bits per heavy atom. The topological polar surface area (TPSA) is 57.0 Å². The molecule has 0 aliphatic carbocycles. The number of alkyl halides is 3. The fourth-order valence-electron chi connectivity index (χ4n) is 3.45. The van der Waals surface area contributed by atoms with Gasteiger partial charge in [0, 0.05) is 18.3 Å². The van der Waals surface area contributed by atoms with Gasteiger partial charge in [0.2, 0.25) is 5.88 Å². The van der Waals surface area contributed by atoms with Crippen LogP contribution in [0.2, 0.25) is 0 Å². The first-order valence-corrected chi connectivity index (χ1v) is 9.58. The molecule has 0 N–H and O–H groups in total. The van der Waals surface area contributed by atoms with Gasteiger partial charge in [-0.15, -0.1) is 6.58 Å². The minimum atomic E-state index is -4.73. The highest BCUT2D eigenvalue weighted by Crippen LogP contribution is 2.37. The molecule has 34 heavy (non-hydrogen) atoms. The maximum absolute atomic E-state index is 14.4. The van der Waals surface area contributed by atoms with Crippen molar-refractivity contribution in [2.45, 2.75) is 12.2 Å². The van der Waals surface area contributed by atoms with Gasteiger partial charge >= 0.3 is 6.18 Å². The minimum absolute atomic E-state index is 0.112. The summed E-state index contributed by atoms with van der Waals surface area (Å²) in [5.41, 5.74) is -2.30. The van der Waals surface area contributed by atoms with Crippen LogP contribution in [-0.2, 0) is 6.18 Å². The maximum atomic E-state index is 14.4. The molecule has 1 atom stereocenters. The van der Waals surface area contributed by atoms with Crippen LogP contribution in [0.4, 0.5) is 26.3 Å². The first-order valence-electron chi connectivity index (χ1n) is 9.58. The number of fused-ring (bicyclic) bond motifs is 1. The van der Waals surface area contributed by atoms with Crippen molar-refractivity contribution in [3.05, 3.63) is 107 Å². The van der Waals surface area contributed by atoms with E-state index in [2.05, 4.69) is 16.5 Å². The van der Waals surface area contributed by atoms with E-state index in [-0.39, 0.29) is 16.7 Å². The molecule has 0 amide bonds. The summed E-state index contributed by atoms with van der Waals surface area (Å²) in [6, 6.07) is 5.36. The summed E-state index contributed by atoms with van der Waals surface area (Å²) in [6.45, 7) is 3.56. The molecule has 2 aromatic heterocycles. The molecule has 0 bridgehead atoms. The average Bonchev–Trinajstić information content (AvgIpc) is 2.77. The van der Waals surface area contributed by atoms with Crippen LogP contribution in [0, 0.1) is 17.5 Å². The van der Waals surface area contributed by atoms with Gasteiger partial charge in [0.15, 0.2) is 0 Å². The van der Waals surface area contributed by atoms with Gasteiger partial charge in [0.05, 0.1) is 22.5 Å². The second-order valence-corrected chi connectivity index (χ2v) is 7.06. The van der Waals surface area contributed by atoms with E-state index in [9.17, 15) is 31.1 Å². The van der Waals surface area contributed by atoms with Gasteiger partial charge < -0.3 is 9.30 Å². The number of pyridine rings is 1. The summed E-state index contributed by atoms with van der Waals surface area (Å²) in [5.74, 6) is -4.34. The van der Waals surface area contributed by atoms with E-state index in [1.807, 2.05) is 0 Å². The zero-order valence-corrected chi connectivity index (χ0v) is 17.0. The number of hydrogen-bond acceptors (Lipinski definition) is 4. The summed E-state index contributed by atoms with van der Waals surface area (Å²) in [4.78, 5) is 19.7. The van der Waals surface area contributed by atoms with Crippen molar-refractivity contribution in [3.8, 4) is 11.6 Å². The molecule has 0 saturated carbocycles. The Morgan fingerprint density at radius 1 is 1.03 bits per heavy atom. The minimum Gasteiger partial charge on any atom is -0.438 e. The zero-order valence-electron chi connectivity index (χ0n) is 17.0. The number of nitrogens with zero attached hydrogens (tertiary/aromatic N) is 3. The van der Waals surface area contributed by atoms with Crippen LogP contribution in [-0.4, -0.2) is 14.5 Å². The van der Waals surface area contributed by atoms with Gasteiger partial charge in [-0.2, -0.15) is 18.2 Å². The average molecular weight is 477 g/mol. The van der Waals surface area contributed by atoms with Crippen LogP contribution >= 0.6 is 0 Å². The lowest BCUT2D eigenvalue weighted by Crippen LogP contribution is -2.18. The molecule has 0 aliphatic heterocycles. The van der Waals surface area contributed by atoms with Gasteiger partial charge in [0.25, 0.3) is 5.56 Å². The zero-order chi connectivity index (χ0) is 24.6. The SMILES string of the molecule is C=CC(c1c(F)cc(F)cc1F)n1cnc(=O)c2cc(Oc3ncccc3C(F)(F)F)ccc21. The van der Waals surface area contributed by atoms with E-state index in [1.54, 1.807) is 0 Å². The molecule has 0 fully saturated rings. The first-order chi connectivity index (χ1) is 16.1. The third-order valence-electron chi connectivity index (χ3n) is 4.93. The number of benzene rings is 2. The molecule has 0 spiro atoms. The quantitative estimate of drug-likeness (QED) is 0.270. The van der Waals surface area contributed by atoms with Crippen molar-refractivity contribution in [2.75, 3.05) is 0 Å². The van der Waals surface area contributed by atoms with E-state index in [0.29, 0.717) is 12.1 Å². The van der Waals surface area contributed by atoms with Crippen molar-refractivity contribution < 1.29 is 31.1 Å². The van der Waals surface area contributed by atoms with Crippen LogP contribution in [0.25, 0.3) is 10.9 Å². The Bertz CT molecular complexity index is 1440. The lowest BCUT2D eigenvalue weighted by Gasteiger charge is -2.20. The van der Waals surface area contributed by atoms with E-state index < -0.39 is 52.2 Å². The summed E-state index contributed by atoms with van der Waals surface area (Å²) in [7, 11) is 0. The Kier molecular flexibility index (Phi) is 5.86. The van der Waals surface area contributed by atoms with Crippen molar-refractivity contribution in [1.29, 1.82) is 0 Å². The Balaban J connectivity index is 1.83. The van der Waals surface area contributed by atoms with Crippen molar-refractivity contribution >= 4 is 10.9 Å². The summed E-state index contributed by atoms with van der Waals surface area (Å²) < 4.78 is 88.3. The predicted octanol–water partition coefficient (Wildman–Crippen LogP) is 5.80. The van der Waals surface area contributed by atoms with E-state index in [4.69, 9.17) is 4.74 Å². The highest BCUT2D eigenvalue weighted by molar-refractivity contribution is 5.80. The highest BCUT2D eigenvalue weighted by atomic mass is 19.4. The van der Waals surface area contributed by atoms with Gasteiger partial charge in [0.1, 0.15) is 35.1 Å². The van der Waals surface area contributed by atoms with Gasteiger partial charge in [-0.1, -0.05) is 6.08 Å². The molecule has 174 valence electrons. The number of rotatable bonds is 5. The summed E-state index contributed by atoms with van der Waals surface area (Å²) in [6.07, 6.45) is -1.42. The van der Waals surface area contributed by atoms with Crippen LogP contribution in [0.15, 0.2) is 72.4 Å². The number of aromatic nitrogens is 3. The molecule has 0 saturated heterocycles. The van der Waals surface area contributed by atoms with Crippen molar-refractivity contribution in [2.24, 2.45) is 0 Å². The molecular formula is C23H13F6N3O2. The lowest BCUT2D eigenvalue weighted by molar-refractivity contribution is -0.138. The summed E-state index contributed by atoms with van der Waals surface area (Å²) >= 11 is 0. The number of ether oxygens (including phenoxy) is 1. The van der Waals surface area contributed by atoms with Gasteiger partial charge in [-0.3, -0.25) is 4.79 Å². The van der Waals surface area contributed by atoms with Gasteiger partial charge in [-0.05, 0) is 30.3 Å². The molecule has 0 radical (unpaired) electrons. The molecule has 11 heteroatoms. The molecule has 1 unspecified atom stereocenters. The van der Waals surface area contributed by atoms with E-state index in [1.165, 1.54) is 22.8 Å². The summed E-state index contributed by atoms with van der Waals surface area (Å²) in [5, 5.41) is -0.112. The monoisotopic (exact) mass is 477 g/mol. The number of hydrogen-bond donors (Lipinski definition) is 0. The van der Waals surface area contributed by atoms with Crippen LogP contribution < -0.4 is 10.3 Å². The Labute approximate surface area is 187 Å². The number of allylic oxidation sites excluding steroid dienone is 1. The number of halogens is 6. The van der Waals surface area contributed by atoms with Crippen LogP contribution in [0.5, 0.6) is 11.6 Å². The molecule has 5 nitrogen and oxygen atoms in total. The van der Waals surface area contributed by atoms with Crippen molar-refractivity contribution in [1.82, 2.24) is 14.5 Å². The Morgan fingerprint density at radius 3 is 2.38 bits per heavy atom. The molecule has 2 aromatic carbocycles. The molecule has 4 aromatic rings. The van der Waals surface area contributed by atoms with E-state index in [0.717, 1.165) is 30.7 Å². The smallest absolute Gasteiger partial charge is 0.421 e. The second kappa shape index (κ2) is 8.65. The fourth-order valence-corrected chi connectivity index (χ4v) is 3.45. The first kappa shape index (κ1) is 23.0. The lowest BCUT2D eigenvalue weighted by atomic mass is 10.0. The second-order valence-electron chi connectivity index (χ2n) is 7.06. The van der Waals surface area contributed by atoms with Crippen LogP contribution in [0.3, 0.4) is 0 Å². The van der Waals surface area contributed by atoms with Crippen molar-refractivity contribution in [3.63, 3.8) is 0 Å². The highest BCUT2D eigenvalue weighted by Gasteiger charge is 2.35.